The van der Waals surface area contributed by atoms with Gasteiger partial charge in [0.15, 0.2) is 0 Å². The second kappa shape index (κ2) is 6.39. The van der Waals surface area contributed by atoms with Crippen LogP contribution in [0.15, 0.2) is 43.0 Å². The van der Waals surface area contributed by atoms with Gasteiger partial charge in [-0.15, -0.1) is 6.58 Å². The van der Waals surface area contributed by atoms with Crippen molar-refractivity contribution in [3.8, 4) is 0 Å². The highest BCUT2D eigenvalue weighted by atomic mass is 16.2. The standard InChI is InChI=1S/C16H21NO/c1-2-7-15-10-6-13-17(15)16(18)12-11-14-8-4-3-5-9-14/h2-5,8-9,15H,1,6-7,10-13H2/t15-/m1/s1. The first kappa shape index (κ1) is 12.9. The number of hydrogen-bond acceptors (Lipinski definition) is 1. The smallest absolute Gasteiger partial charge is 0.223 e. The van der Waals surface area contributed by atoms with Crippen molar-refractivity contribution < 1.29 is 4.79 Å². The summed E-state index contributed by atoms with van der Waals surface area (Å²) in [7, 11) is 0. The van der Waals surface area contributed by atoms with Crippen LogP contribution in [-0.4, -0.2) is 23.4 Å². The van der Waals surface area contributed by atoms with Gasteiger partial charge in [0.05, 0.1) is 0 Å². The van der Waals surface area contributed by atoms with Gasteiger partial charge in [-0.3, -0.25) is 4.79 Å². The quantitative estimate of drug-likeness (QED) is 0.727. The Labute approximate surface area is 109 Å². The van der Waals surface area contributed by atoms with Crippen molar-refractivity contribution in [2.24, 2.45) is 0 Å². The first-order valence-electron chi connectivity index (χ1n) is 6.75. The number of aryl methyl sites for hydroxylation is 1. The molecule has 1 aliphatic rings. The van der Waals surface area contributed by atoms with Gasteiger partial charge >= 0.3 is 0 Å². The molecule has 1 aromatic carbocycles. The fourth-order valence-electron chi connectivity index (χ4n) is 2.64. The van der Waals surface area contributed by atoms with E-state index in [1.807, 2.05) is 29.2 Å². The van der Waals surface area contributed by atoms with E-state index in [1.165, 1.54) is 5.56 Å². The molecule has 0 radical (unpaired) electrons. The summed E-state index contributed by atoms with van der Waals surface area (Å²) in [5.41, 5.74) is 1.24. The van der Waals surface area contributed by atoms with Crippen LogP contribution < -0.4 is 0 Å². The van der Waals surface area contributed by atoms with Crippen LogP contribution in [0.2, 0.25) is 0 Å². The molecule has 1 aromatic rings. The summed E-state index contributed by atoms with van der Waals surface area (Å²) in [5.74, 6) is 0.295. The summed E-state index contributed by atoms with van der Waals surface area (Å²) in [6.45, 7) is 4.70. The fourth-order valence-corrected chi connectivity index (χ4v) is 2.64. The molecule has 1 amide bonds. The lowest BCUT2D eigenvalue weighted by molar-refractivity contribution is -0.131. The zero-order valence-electron chi connectivity index (χ0n) is 10.8. The van der Waals surface area contributed by atoms with Gasteiger partial charge < -0.3 is 4.90 Å². The maximum absolute atomic E-state index is 12.2. The number of carbonyl (C=O) groups is 1. The Balaban J connectivity index is 1.86. The second-order valence-electron chi connectivity index (χ2n) is 4.89. The van der Waals surface area contributed by atoms with E-state index in [-0.39, 0.29) is 0 Å². The second-order valence-corrected chi connectivity index (χ2v) is 4.89. The van der Waals surface area contributed by atoms with Gasteiger partial charge in [-0.25, -0.2) is 0 Å². The average molecular weight is 243 g/mol. The molecule has 18 heavy (non-hydrogen) atoms. The molecule has 2 rings (SSSR count). The first-order valence-corrected chi connectivity index (χ1v) is 6.75. The third kappa shape index (κ3) is 3.22. The number of amides is 1. The molecule has 0 bridgehead atoms. The highest BCUT2D eigenvalue weighted by Crippen LogP contribution is 2.21. The van der Waals surface area contributed by atoms with Crippen LogP contribution in [0.25, 0.3) is 0 Å². The van der Waals surface area contributed by atoms with E-state index in [4.69, 9.17) is 0 Å². The Kier molecular flexibility index (Phi) is 4.57. The Morgan fingerprint density at radius 3 is 2.89 bits per heavy atom. The molecule has 0 N–H and O–H groups in total. The molecule has 1 aliphatic heterocycles. The van der Waals surface area contributed by atoms with Crippen LogP contribution in [-0.2, 0) is 11.2 Å². The molecule has 1 heterocycles. The number of benzene rings is 1. The van der Waals surface area contributed by atoms with E-state index in [1.54, 1.807) is 0 Å². The van der Waals surface area contributed by atoms with Crippen molar-refractivity contribution in [2.45, 2.75) is 38.1 Å². The molecule has 1 atom stereocenters. The Bertz CT molecular complexity index is 399. The molecule has 2 nitrogen and oxygen atoms in total. The number of likely N-dealkylation sites (tertiary alicyclic amines) is 1. The predicted molar refractivity (Wildman–Crippen MR) is 74.3 cm³/mol. The Morgan fingerprint density at radius 1 is 1.39 bits per heavy atom. The maximum atomic E-state index is 12.2. The first-order chi connectivity index (χ1) is 8.81. The lowest BCUT2D eigenvalue weighted by atomic mass is 10.1. The average Bonchev–Trinajstić information content (AvgIpc) is 2.86. The predicted octanol–water partition coefficient (Wildman–Crippen LogP) is 3.19. The normalized spacial score (nSPS) is 18.9. The Morgan fingerprint density at radius 2 is 2.17 bits per heavy atom. The Hall–Kier alpha value is -1.57. The number of carbonyl (C=O) groups excluding carboxylic acids is 1. The minimum absolute atomic E-state index is 0.295. The largest absolute Gasteiger partial charge is 0.339 e. The SMILES string of the molecule is C=CC[C@@H]1CCCN1C(=O)CCc1ccccc1. The summed E-state index contributed by atoms with van der Waals surface area (Å²) in [4.78, 5) is 14.2. The van der Waals surface area contributed by atoms with Crippen LogP contribution in [0.5, 0.6) is 0 Å². The zero-order chi connectivity index (χ0) is 12.8. The van der Waals surface area contributed by atoms with E-state index in [0.29, 0.717) is 18.4 Å². The topological polar surface area (TPSA) is 20.3 Å². The third-order valence-electron chi connectivity index (χ3n) is 3.61. The van der Waals surface area contributed by atoms with Gasteiger partial charge in [0.2, 0.25) is 5.91 Å². The summed E-state index contributed by atoms with van der Waals surface area (Å²) in [5, 5.41) is 0. The van der Waals surface area contributed by atoms with Crippen molar-refractivity contribution in [3.63, 3.8) is 0 Å². The molecular weight excluding hydrogens is 222 g/mol. The van der Waals surface area contributed by atoms with Gasteiger partial charge in [-0.05, 0) is 31.2 Å². The molecule has 2 heteroatoms. The van der Waals surface area contributed by atoms with Crippen LogP contribution in [0, 0.1) is 0 Å². The van der Waals surface area contributed by atoms with Crippen molar-refractivity contribution in [2.75, 3.05) is 6.54 Å². The van der Waals surface area contributed by atoms with Crippen molar-refractivity contribution in [1.29, 1.82) is 0 Å². The molecule has 0 aromatic heterocycles. The summed E-state index contributed by atoms with van der Waals surface area (Å²) in [6.07, 6.45) is 6.58. The summed E-state index contributed by atoms with van der Waals surface area (Å²) >= 11 is 0. The van der Waals surface area contributed by atoms with E-state index < -0.39 is 0 Å². The van der Waals surface area contributed by atoms with Crippen LogP contribution in [0.1, 0.15) is 31.2 Å². The van der Waals surface area contributed by atoms with Gasteiger partial charge in [0, 0.05) is 19.0 Å². The highest BCUT2D eigenvalue weighted by Gasteiger charge is 2.26. The van der Waals surface area contributed by atoms with E-state index >= 15 is 0 Å². The molecular formula is C16H21NO. The van der Waals surface area contributed by atoms with Gasteiger partial charge in [-0.1, -0.05) is 36.4 Å². The van der Waals surface area contributed by atoms with Crippen LogP contribution in [0.4, 0.5) is 0 Å². The fraction of sp³-hybridized carbons (Fsp3) is 0.438. The zero-order valence-corrected chi connectivity index (χ0v) is 10.8. The number of hydrogen-bond donors (Lipinski definition) is 0. The summed E-state index contributed by atoms with van der Waals surface area (Å²) < 4.78 is 0. The molecule has 96 valence electrons. The molecule has 1 saturated heterocycles. The highest BCUT2D eigenvalue weighted by molar-refractivity contribution is 5.77. The number of rotatable bonds is 5. The minimum Gasteiger partial charge on any atom is -0.339 e. The monoisotopic (exact) mass is 243 g/mol. The van der Waals surface area contributed by atoms with Crippen molar-refractivity contribution >= 4 is 5.91 Å². The number of nitrogens with zero attached hydrogens (tertiary/aromatic N) is 1. The lowest BCUT2D eigenvalue weighted by Gasteiger charge is -2.23. The van der Waals surface area contributed by atoms with Gasteiger partial charge in [0.1, 0.15) is 0 Å². The lowest BCUT2D eigenvalue weighted by Crippen LogP contribution is -2.35. The van der Waals surface area contributed by atoms with E-state index in [9.17, 15) is 4.79 Å². The summed E-state index contributed by atoms with van der Waals surface area (Å²) in [6, 6.07) is 10.6. The van der Waals surface area contributed by atoms with Crippen molar-refractivity contribution in [3.05, 3.63) is 48.6 Å². The maximum Gasteiger partial charge on any atom is 0.223 e. The van der Waals surface area contributed by atoms with Crippen LogP contribution >= 0.6 is 0 Å². The van der Waals surface area contributed by atoms with E-state index in [0.717, 1.165) is 32.2 Å². The molecule has 1 fully saturated rings. The minimum atomic E-state index is 0.295. The molecule has 0 saturated carbocycles. The molecule has 0 spiro atoms. The van der Waals surface area contributed by atoms with Gasteiger partial charge in [0.25, 0.3) is 0 Å². The van der Waals surface area contributed by atoms with Crippen LogP contribution in [0.3, 0.4) is 0 Å². The molecule has 0 aliphatic carbocycles. The third-order valence-corrected chi connectivity index (χ3v) is 3.61. The van der Waals surface area contributed by atoms with E-state index in [2.05, 4.69) is 18.7 Å². The van der Waals surface area contributed by atoms with Crippen molar-refractivity contribution in [1.82, 2.24) is 4.90 Å². The molecule has 0 unspecified atom stereocenters. The van der Waals surface area contributed by atoms with Gasteiger partial charge in [-0.2, -0.15) is 0 Å².